The van der Waals surface area contributed by atoms with Gasteiger partial charge in [-0.3, -0.25) is 15.0 Å². The van der Waals surface area contributed by atoms with E-state index in [0.29, 0.717) is 30.1 Å². The van der Waals surface area contributed by atoms with Crippen LogP contribution in [-0.4, -0.2) is 35.2 Å². The average Bonchev–Trinajstić information content (AvgIpc) is 3.33. The molecule has 0 bridgehead atoms. The van der Waals surface area contributed by atoms with E-state index in [1.807, 2.05) is 84.9 Å². The van der Waals surface area contributed by atoms with E-state index in [4.69, 9.17) is 9.47 Å². The van der Waals surface area contributed by atoms with Crippen molar-refractivity contribution in [3.8, 4) is 11.1 Å². The summed E-state index contributed by atoms with van der Waals surface area (Å²) in [7, 11) is 0. The van der Waals surface area contributed by atoms with Crippen molar-refractivity contribution >= 4 is 29.5 Å². The molecular formula is C34H33N3O5. The van der Waals surface area contributed by atoms with E-state index >= 15 is 0 Å². The number of carbonyl (C=O) groups is 3. The van der Waals surface area contributed by atoms with E-state index < -0.39 is 11.7 Å². The lowest BCUT2D eigenvalue weighted by Crippen LogP contribution is -2.27. The summed E-state index contributed by atoms with van der Waals surface area (Å²) in [5, 5.41) is 5.69. The zero-order chi connectivity index (χ0) is 29.7. The Balaban J connectivity index is 1.33. The lowest BCUT2D eigenvalue weighted by molar-refractivity contribution is 0.0635. The van der Waals surface area contributed by atoms with E-state index in [2.05, 4.69) is 10.6 Å². The van der Waals surface area contributed by atoms with Gasteiger partial charge in [-0.15, -0.1) is 0 Å². The fourth-order valence-corrected chi connectivity index (χ4v) is 4.71. The van der Waals surface area contributed by atoms with Gasteiger partial charge >= 0.3 is 12.2 Å². The van der Waals surface area contributed by atoms with Crippen LogP contribution in [0.3, 0.4) is 0 Å². The molecule has 1 aliphatic heterocycles. The highest BCUT2D eigenvalue weighted by atomic mass is 16.6. The van der Waals surface area contributed by atoms with Crippen LogP contribution < -0.4 is 10.6 Å². The second-order valence-electron chi connectivity index (χ2n) is 11.0. The van der Waals surface area contributed by atoms with Gasteiger partial charge in [0.2, 0.25) is 0 Å². The first kappa shape index (κ1) is 28.4. The van der Waals surface area contributed by atoms with Crippen LogP contribution >= 0.6 is 0 Å². The van der Waals surface area contributed by atoms with Gasteiger partial charge < -0.3 is 14.8 Å². The highest BCUT2D eigenvalue weighted by Crippen LogP contribution is 2.31. The van der Waals surface area contributed by atoms with Crippen molar-refractivity contribution in [3.05, 3.63) is 120 Å². The lowest BCUT2D eigenvalue weighted by atomic mass is 10.0. The van der Waals surface area contributed by atoms with Crippen molar-refractivity contribution in [1.29, 1.82) is 0 Å². The quantitative estimate of drug-likeness (QED) is 0.241. The summed E-state index contributed by atoms with van der Waals surface area (Å²) >= 11 is 0. The summed E-state index contributed by atoms with van der Waals surface area (Å²) in [6.45, 7) is 6.00. The number of amides is 3. The predicted molar refractivity (Wildman–Crippen MR) is 162 cm³/mol. The maximum atomic E-state index is 13.3. The van der Waals surface area contributed by atoms with Gasteiger partial charge in [-0.2, -0.15) is 0 Å². The van der Waals surface area contributed by atoms with E-state index in [1.165, 1.54) is 0 Å². The van der Waals surface area contributed by atoms with Gasteiger partial charge in [0.1, 0.15) is 12.2 Å². The van der Waals surface area contributed by atoms with E-state index in [0.717, 1.165) is 22.3 Å². The number of cyclic esters (lactones) is 1. The number of carbonyl (C=O) groups excluding carboxylic acids is 3. The van der Waals surface area contributed by atoms with Crippen LogP contribution in [0.2, 0.25) is 0 Å². The molecule has 1 heterocycles. The molecule has 214 valence electrons. The van der Waals surface area contributed by atoms with Gasteiger partial charge in [0, 0.05) is 12.1 Å². The Morgan fingerprint density at radius 1 is 0.833 bits per heavy atom. The zero-order valence-electron chi connectivity index (χ0n) is 23.8. The van der Waals surface area contributed by atoms with Gasteiger partial charge in [0.05, 0.1) is 17.4 Å². The number of hydrogen-bond donors (Lipinski definition) is 2. The Hall–Kier alpha value is -5.11. The first-order chi connectivity index (χ1) is 20.2. The normalized spacial score (nSPS) is 14.7. The number of nitrogens with zero attached hydrogens (tertiary/aromatic N) is 1. The van der Waals surface area contributed by atoms with Crippen LogP contribution in [-0.2, 0) is 16.0 Å². The van der Waals surface area contributed by atoms with Crippen molar-refractivity contribution in [3.63, 3.8) is 0 Å². The number of nitrogens with one attached hydrogen (secondary N) is 2. The summed E-state index contributed by atoms with van der Waals surface area (Å²) in [5.41, 5.74) is 4.31. The molecule has 4 aromatic carbocycles. The molecule has 1 unspecified atom stereocenters. The molecule has 0 saturated carbocycles. The Morgan fingerprint density at radius 3 is 2.17 bits per heavy atom. The molecule has 1 aliphatic rings. The summed E-state index contributed by atoms with van der Waals surface area (Å²) in [5.74, 6) is -0.346. The smallest absolute Gasteiger partial charge is 0.412 e. The number of hydrogen-bond acceptors (Lipinski definition) is 5. The van der Waals surface area contributed by atoms with Crippen molar-refractivity contribution in [2.24, 2.45) is 0 Å². The van der Waals surface area contributed by atoms with E-state index in [-0.39, 0.29) is 18.0 Å². The topological polar surface area (TPSA) is 97.0 Å². The Labute approximate surface area is 245 Å². The van der Waals surface area contributed by atoms with Gasteiger partial charge in [0.15, 0.2) is 0 Å². The minimum Gasteiger partial charge on any atom is -0.447 e. The summed E-state index contributed by atoms with van der Waals surface area (Å²) in [4.78, 5) is 40.0. The number of rotatable bonds is 7. The molecule has 2 N–H and O–H groups in total. The van der Waals surface area contributed by atoms with Crippen molar-refractivity contribution < 1.29 is 23.9 Å². The molecule has 8 nitrogen and oxygen atoms in total. The molecule has 1 fully saturated rings. The van der Waals surface area contributed by atoms with Crippen LogP contribution in [0, 0.1) is 0 Å². The fourth-order valence-electron chi connectivity index (χ4n) is 4.71. The molecule has 1 atom stereocenters. The minimum absolute atomic E-state index is 0.172. The third-order valence-electron chi connectivity index (χ3n) is 6.74. The van der Waals surface area contributed by atoms with Crippen LogP contribution in [0.25, 0.3) is 11.1 Å². The van der Waals surface area contributed by atoms with Crippen LogP contribution in [0.1, 0.15) is 48.3 Å². The van der Waals surface area contributed by atoms with Crippen LogP contribution in [0.4, 0.5) is 21.0 Å². The lowest BCUT2D eigenvalue weighted by Gasteiger charge is -2.22. The molecule has 8 heteroatoms. The fraction of sp³-hybridized carbons (Fsp3) is 0.206. The van der Waals surface area contributed by atoms with Crippen molar-refractivity contribution in [2.45, 2.75) is 39.0 Å². The first-order valence-corrected chi connectivity index (χ1v) is 13.7. The van der Waals surface area contributed by atoms with Gasteiger partial charge in [-0.05, 0) is 67.3 Å². The van der Waals surface area contributed by atoms with E-state index in [9.17, 15) is 14.4 Å². The largest absolute Gasteiger partial charge is 0.447 e. The molecular weight excluding hydrogens is 530 g/mol. The summed E-state index contributed by atoms with van der Waals surface area (Å²) < 4.78 is 10.7. The number of anilines is 2. The van der Waals surface area contributed by atoms with Gasteiger partial charge in [-0.1, -0.05) is 78.9 Å². The summed E-state index contributed by atoms with van der Waals surface area (Å²) in [6, 6.07) is 31.8. The van der Waals surface area contributed by atoms with Gasteiger partial charge in [-0.25, -0.2) is 9.59 Å². The molecule has 0 radical (unpaired) electrons. The average molecular weight is 564 g/mol. The molecule has 1 saturated heterocycles. The second kappa shape index (κ2) is 12.2. The zero-order valence-corrected chi connectivity index (χ0v) is 23.8. The third-order valence-corrected chi connectivity index (χ3v) is 6.74. The molecule has 0 spiro atoms. The first-order valence-electron chi connectivity index (χ1n) is 13.7. The molecule has 3 amide bonds. The highest BCUT2D eigenvalue weighted by Gasteiger charge is 2.34. The SMILES string of the molecule is CC(C)(C)OC(=O)Nc1ccc(-c2ccccc2)cc1NC(=O)c1ccc(CN2C(=O)OCC2c2ccccc2)cc1. The Kier molecular flexibility index (Phi) is 8.24. The highest BCUT2D eigenvalue weighted by molar-refractivity contribution is 6.07. The Bertz CT molecular complexity index is 1560. The van der Waals surface area contributed by atoms with E-state index in [1.54, 1.807) is 43.9 Å². The molecule has 4 aromatic rings. The Morgan fingerprint density at radius 2 is 1.50 bits per heavy atom. The number of ether oxygens (including phenoxy) is 2. The molecule has 42 heavy (non-hydrogen) atoms. The standard InChI is InChI=1S/C34H33N3O5/c1-34(2,3)42-32(39)36-28-19-18-27(24-10-6-4-7-11-24)20-29(28)35-31(38)26-16-14-23(15-17-26)21-37-30(22-41-33(37)40)25-12-8-5-9-13-25/h4-20,30H,21-22H2,1-3H3,(H,35,38)(H,36,39). The second-order valence-corrected chi connectivity index (χ2v) is 11.0. The van der Waals surface area contributed by atoms with Crippen LogP contribution in [0.5, 0.6) is 0 Å². The third kappa shape index (κ3) is 6.96. The van der Waals surface area contributed by atoms with Crippen molar-refractivity contribution in [1.82, 2.24) is 4.90 Å². The molecule has 0 aromatic heterocycles. The summed E-state index contributed by atoms with van der Waals surface area (Å²) in [6.07, 6.45) is -0.988. The number of benzene rings is 4. The maximum absolute atomic E-state index is 13.3. The monoisotopic (exact) mass is 563 g/mol. The van der Waals surface area contributed by atoms with Gasteiger partial charge in [0.25, 0.3) is 5.91 Å². The van der Waals surface area contributed by atoms with Crippen LogP contribution in [0.15, 0.2) is 103 Å². The molecule has 5 rings (SSSR count). The predicted octanol–water partition coefficient (Wildman–Crippen LogP) is 7.65. The minimum atomic E-state index is -0.674. The van der Waals surface area contributed by atoms with Crippen molar-refractivity contribution in [2.75, 3.05) is 17.2 Å². The maximum Gasteiger partial charge on any atom is 0.412 e. The molecule has 0 aliphatic carbocycles.